The van der Waals surface area contributed by atoms with E-state index in [-0.39, 0.29) is 0 Å². The maximum Gasteiger partial charge on any atom is 0.160 e. The first-order valence-corrected chi connectivity index (χ1v) is 4.06. The Kier molecular flexibility index (Phi) is 1.97. The Morgan fingerprint density at radius 3 is 2.67 bits per heavy atom. The standard InChI is InChI=1S/C4H11NO3S/c1-5-3-4-8-9(5,6)7-2/h6H,3-4H2,1-2H3. The molecule has 1 N–H and O–H groups in total. The molecule has 0 aliphatic carbocycles. The fourth-order valence-corrected chi connectivity index (χ4v) is 1.78. The lowest BCUT2D eigenvalue weighted by Gasteiger charge is -2.30. The van der Waals surface area contributed by atoms with Crippen LogP contribution in [-0.2, 0) is 8.37 Å². The van der Waals surface area contributed by atoms with Gasteiger partial charge < -0.3 is 0 Å². The molecule has 0 aromatic rings. The van der Waals surface area contributed by atoms with Gasteiger partial charge in [-0.25, -0.2) is 4.31 Å². The summed E-state index contributed by atoms with van der Waals surface area (Å²) in [7, 11) is 3.21. The van der Waals surface area contributed by atoms with Crippen molar-refractivity contribution in [3.63, 3.8) is 0 Å². The number of likely N-dealkylation sites (N-methyl/N-ethyl adjacent to an activating group) is 1. The van der Waals surface area contributed by atoms with Crippen molar-refractivity contribution in [1.82, 2.24) is 4.31 Å². The Bertz CT molecular complexity index is 112. The van der Waals surface area contributed by atoms with Gasteiger partial charge in [0.25, 0.3) is 0 Å². The topological polar surface area (TPSA) is 41.9 Å². The summed E-state index contributed by atoms with van der Waals surface area (Å²) in [5.41, 5.74) is 0. The molecule has 1 saturated heterocycles. The highest BCUT2D eigenvalue weighted by molar-refractivity contribution is 8.19. The second-order valence-corrected chi connectivity index (χ2v) is 3.88. The van der Waals surface area contributed by atoms with Gasteiger partial charge in [-0.3, -0.25) is 12.9 Å². The molecule has 0 radical (unpaired) electrons. The molecule has 1 atom stereocenters. The van der Waals surface area contributed by atoms with Crippen molar-refractivity contribution in [1.29, 1.82) is 0 Å². The van der Waals surface area contributed by atoms with Gasteiger partial charge in [-0.1, -0.05) is 0 Å². The van der Waals surface area contributed by atoms with E-state index in [1.165, 1.54) is 7.11 Å². The molecule has 4 nitrogen and oxygen atoms in total. The van der Waals surface area contributed by atoms with Crippen LogP contribution in [0.5, 0.6) is 0 Å². The zero-order valence-electron chi connectivity index (χ0n) is 5.53. The van der Waals surface area contributed by atoms with Crippen LogP contribution in [0.2, 0.25) is 0 Å². The Morgan fingerprint density at radius 1 is 1.78 bits per heavy atom. The van der Waals surface area contributed by atoms with Crippen molar-refractivity contribution >= 4 is 11.1 Å². The zero-order chi connectivity index (χ0) is 6.91. The predicted molar refractivity (Wildman–Crippen MR) is 35.8 cm³/mol. The molecule has 0 aromatic heterocycles. The predicted octanol–water partition coefficient (Wildman–Crippen LogP) is 0.617. The van der Waals surface area contributed by atoms with Crippen LogP contribution < -0.4 is 0 Å². The highest BCUT2D eigenvalue weighted by Crippen LogP contribution is 2.51. The molecule has 0 saturated carbocycles. The van der Waals surface area contributed by atoms with E-state index in [9.17, 15) is 4.55 Å². The van der Waals surface area contributed by atoms with Crippen LogP contribution in [0.4, 0.5) is 0 Å². The second-order valence-electron chi connectivity index (χ2n) is 1.79. The minimum absolute atomic E-state index is 0.552. The molecule has 1 unspecified atom stereocenters. The maximum atomic E-state index is 9.33. The monoisotopic (exact) mass is 153 g/mol. The first kappa shape index (κ1) is 7.30. The third-order valence-corrected chi connectivity index (χ3v) is 3.13. The summed E-state index contributed by atoms with van der Waals surface area (Å²) in [5, 5.41) is 0. The SMILES string of the molecule is COS1(O)OCCN1C. The highest BCUT2D eigenvalue weighted by Gasteiger charge is 2.32. The van der Waals surface area contributed by atoms with Gasteiger partial charge in [-0.05, 0) is 0 Å². The molecule has 0 spiro atoms. The fraction of sp³-hybridized carbons (Fsp3) is 1.00. The van der Waals surface area contributed by atoms with Gasteiger partial charge in [0, 0.05) is 13.6 Å². The number of hydrogen-bond acceptors (Lipinski definition) is 4. The van der Waals surface area contributed by atoms with E-state index < -0.39 is 11.1 Å². The lowest BCUT2D eigenvalue weighted by molar-refractivity contribution is 0.260. The zero-order valence-corrected chi connectivity index (χ0v) is 6.35. The first-order chi connectivity index (χ1) is 4.19. The minimum Gasteiger partial charge on any atom is -0.296 e. The van der Waals surface area contributed by atoms with E-state index in [1.54, 1.807) is 11.4 Å². The minimum atomic E-state index is -2.29. The van der Waals surface area contributed by atoms with Crippen LogP contribution >= 0.6 is 11.1 Å². The first-order valence-electron chi connectivity index (χ1n) is 2.66. The third kappa shape index (κ3) is 1.20. The van der Waals surface area contributed by atoms with Crippen molar-refractivity contribution in [3.05, 3.63) is 0 Å². The summed E-state index contributed by atoms with van der Waals surface area (Å²) >= 11 is -2.29. The summed E-state index contributed by atoms with van der Waals surface area (Å²) in [5.74, 6) is 0. The highest BCUT2D eigenvalue weighted by atomic mass is 32.3. The van der Waals surface area contributed by atoms with E-state index in [4.69, 9.17) is 8.37 Å². The normalized spacial score (nSPS) is 44.8. The van der Waals surface area contributed by atoms with Crippen LogP contribution in [0.25, 0.3) is 0 Å². The molecule has 0 bridgehead atoms. The Labute approximate surface area is 56.4 Å². The van der Waals surface area contributed by atoms with Crippen molar-refractivity contribution in [3.8, 4) is 0 Å². The van der Waals surface area contributed by atoms with E-state index in [0.717, 1.165) is 6.54 Å². The molecule has 1 fully saturated rings. The van der Waals surface area contributed by atoms with Crippen molar-refractivity contribution in [2.75, 3.05) is 27.3 Å². The second kappa shape index (κ2) is 2.43. The lowest BCUT2D eigenvalue weighted by Crippen LogP contribution is -2.18. The number of rotatable bonds is 1. The molecule has 5 heteroatoms. The van der Waals surface area contributed by atoms with Crippen molar-refractivity contribution in [2.24, 2.45) is 0 Å². The molecule has 1 heterocycles. The van der Waals surface area contributed by atoms with Gasteiger partial charge in [-0.15, -0.1) is 0 Å². The van der Waals surface area contributed by atoms with Crippen LogP contribution in [0.1, 0.15) is 0 Å². The van der Waals surface area contributed by atoms with Gasteiger partial charge in [-0.2, -0.15) is 0 Å². The van der Waals surface area contributed by atoms with Gasteiger partial charge in [0.1, 0.15) is 0 Å². The third-order valence-electron chi connectivity index (χ3n) is 1.25. The summed E-state index contributed by atoms with van der Waals surface area (Å²) in [6.07, 6.45) is 0. The number of hydrogen-bond donors (Lipinski definition) is 1. The Balaban J connectivity index is 2.56. The summed E-state index contributed by atoms with van der Waals surface area (Å²) in [4.78, 5) is 0. The van der Waals surface area contributed by atoms with Crippen LogP contribution in [0.15, 0.2) is 0 Å². The van der Waals surface area contributed by atoms with Crippen LogP contribution in [-0.4, -0.2) is 36.2 Å². The lowest BCUT2D eigenvalue weighted by atomic mass is 10.7. The van der Waals surface area contributed by atoms with E-state index >= 15 is 0 Å². The van der Waals surface area contributed by atoms with Gasteiger partial charge in [0.2, 0.25) is 0 Å². The van der Waals surface area contributed by atoms with Crippen molar-refractivity contribution in [2.45, 2.75) is 0 Å². The molecule has 1 aliphatic heterocycles. The molecule has 56 valence electrons. The van der Waals surface area contributed by atoms with E-state index in [1.807, 2.05) is 0 Å². The average molecular weight is 153 g/mol. The van der Waals surface area contributed by atoms with Crippen molar-refractivity contribution < 1.29 is 12.9 Å². The summed E-state index contributed by atoms with van der Waals surface area (Å²) in [6.45, 7) is 1.29. The Hall–Kier alpha value is 0.190. The Morgan fingerprint density at radius 2 is 2.44 bits per heavy atom. The summed E-state index contributed by atoms with van der Waals surface area (Å²) in [6, 6.07) is 0. The largest absolute Gasteiger partial charge is 0.296 e. The molecular weight excluding hydrogens is 142 g/mol. The average Bonchev–Trinajstić information content (AvgIpc) is 2.15. The molecule has 1 rings (SSSR count). The van der Waals surface area contributed by atoms with Gasteiger partial charge in [0.05, 0.1) is 13.7 Å². The quantitative estimate of drug-likeness (QED) is 0.599. The smallest absolute Gasteiger partial charge is 0.160 e. The fourth-order valence-electron chi connectivity index (χ4n) is 0.655. The van der Waals surface area contributed by atoms with Gasteiger partial charge >= 0.3 is 0 Å². The van der Waals surface area contributed by atoms with Gasteiger partial charge in [0.15, 0.2) is 11.1 Å². The molecular formula is C4H11NO3S. The molecule has 1 aliphatic rings. The molecule has 0 amide bonds. The van der Waals surface area contributed by atoms with Crippen LogP contribution in [0.3, 0.4) is 0 Å². The maximum absolute atomic E-state index is 9.33. The van der Waals surface area contributed by atoms with E-state index in [0.29, 0.717) is 6.61 Å². The molecule has 0 aromatic carbocycles. The van der Waals surface area contributed by atoms with Crippen LogP contribution in [0, 0.1) is 0 Å². The molecule has 9 heavy (non-hydrogen) atoms. The summed E-state index contributed by atoms with van der Waals surface area (Å²) < 4.78 is 20.7. The van der Waals surface area contributed by atoms with E-state index in [2.05, 4.69) is 0 Å². The number of nitrogens with zero attached hydrogens (tertiary/aromatic N) is 1.